The monoisotopic (exact) mass is 320 g/mol. The van der Waals surface area contributed by atoms with E-state index in [9.17, 15) is 5.26 Å². The van der Waals surface area contributed by atoms with E-state index in [2.05, 4.69) is 11.1 Å². The van der Waals surface area contributed by atoms with Gasteiger partial charge in [-0.2, -0.15) is 5.26 Å². The molecule has 1 aromatic heterocycles. The maximum atomic E-state index is 9.39. The molecule has 0 saturated carbocycles. The van der Waals surface area contributed by atoms with E-state index in [4.69, 9.17) is 14.2 Å². The molecule has 2 aromatic carbocycles. The van der Waals surface area contributed by atoms with Crippen molar-refractivity contribution in [1.82, 2.24) is 4.98 Å². The number of nitriles is 1. The zero-order chi connectivity index (χ0) is 16.9. The summed E-state index contributed by atoms with van der Waals surface area (Å²) in [5.74, 6) is 2.35. The minimum absolute atomic E-state index is 0.277. The number of ether oxygens (including phenoxy) is 3. The Hall–Kier alpha value is -3.26. The van der Waals surface area contributed by atoms with Crippen LogP contribution >= 0.6 is 0 Å². The molecule has 0 aliphatic heterocycles. The van der Waals surface area contributed by atoms with Crippen LogP contribution in [0.25, 0.3) is 10.9 Å². The molecule has 1 heterocycles. The maximum Gasteiger partial charge on any atom is 0.237 e. The van der Waals surface area contributed by atoms with Crippen molar-refractivity contribution < 1.29 is 14.2 Å². The van der Waals surface area contributed by atoms with Crippen molar-refractivity contribution in [2.75, 3.05) is 13.7 Å². The zero-order valence-electron chi connectivity index (χ0n) is 13.4. The molecule has 0 N–H and O–H groups in total. The SMILES string of the molecule is CCOc1ccc2nc(Oc3ccc(OC)cc3)c(C#N)cc2c1. The first-order valence-electron chi connectivity index (χ1n) is 7.53. The standard InChI is InChI=1S/C19H16N2O3/c1-3-23-17-8-9-18-13(11-17)10-14(12-20)19(21-18)24-16-6-4-15(22-2)5-7-16/h4-11H,3H2,1-2H3. The molecule has 3 rings (SSSR count). The van der Waals surface area contributed by atoms with Gasteiger partial charge in [0.05, 0.1) is 19.2 Å². The van der Waals surface area contributed by atoms with Crippen LogP contribution in [-0.4, -0.2) is 18.7 Å². The van der Waals surface area contributed by atoms with Gasteiger partial charge in [-0.05, 0) is 55.5 Å². The smallest absolute Gasteiger partial charge is 0.237 e. The summed E-state index contributed by atoms with van der Waals surface area (Å²) in [4.78, 5) is 4.45. The van der Waals surface area contributed by atoms with Gasteiger partial charge < -0.3 is 14.2 Å². The third-order valence-corrected chi connectivity index (χ3v) is 3.46. The lowest BCUT2D eigenvalue weighted by molar-refractivity contribution is 0.340. The topological polar surface area (TPSA) is 64.4 Å². The molecule has 0 unspecified atom stereocenters. The van der Waals surface area contributed by atoms with Crippen LogP contribution in [0.15, 0.2) is 48.5 Å². The zero-order valence-corrected chi connectivity index (χ0v) is 13.4. The highest BCUT2D eigenvalue weighted by molar-refractivity contribution is 5.82. The van der Waals surface area contributed by atoms with Crippen LogP contribution in [0, 0.1) is 11.3 Å². The van der Waals surface area contributed by atoms with Crippen molar-refractivity contribution in [1.29, 1.82) is 5.26 Å². The summed E-state index contributed by atoms with van der Waals surface area (Å²) in [6.07, 6.45) is 0. The third-order valence-electron chi connectivity index (χ3n) is 3.46. The lowest BCUT2D eigenvalue weighted by atomic mass is 10.1. The highest BCUT2D eigenvalue weighted by Gasteiger charge is 2.10. The van der Waals surface area contributed by atoms with Crippen LogP contribution in [0.1, 0.15) is 12.5 Å². The molecule has 0 bridgehead atoms. The normalized spacial score (nSPS) is 10.2. The van der Waals surface area contributed by atoms with Crippen molar-refractivity contribution in [3.8, 4) is 29.2 Å². The molecule has 5 heteroatoms. The Bertz CT molecular complexity index is 899. The quantitative estimate of drug-likeness (QED) is 0.701. The molecular weight excluding hydrogens is 304 g/mol. The number of benzene rings is 2. The second-order valence-corrected chi connectivity index (χ2v) is 5.02. The van der Waals surface area contributed by atoms with Crippen molar-refractivity contribution in [2.45, 2.75) is 6.92 Å². The molecule has 5 nitrogen and oxygen atoms in total. The Morgan fingerprint density at radius 3 is 2.38 bits per heavy atom. The number of nitrogens with zero attached hydrogens (tertiary/aromatic N) is 2. The lowest BCUT2D eigenvalue weighted by Crippen LogP contribution is -1.95. The van der Waals surface area contributed by atoms with E-state index in [0.717, 1.165) is 22.4 Å². The number of hydrogen-bond acceptors (Lipinski definition) is 5. The number of methoxy groups -OCH3 is 1. The first-order chi connectivity index (χ1) is 11.7. The van der Waals surface area contributed by atoms with Gasteiger partial charge in [0.15, 0.2) is 0 Å². The number of fused-ring (bicyclic) bond motifs is 1. The second kappa shape index (κ2) is 6.88. The van der Waals surface area contributed by atoms with E-state index >= 15 is 0 Å². The summed E-state index contributed by atoms with van der Waals surface area (Å²) in [6.45, 7) is 2.51. The second-order valence-electron chi connectivity index (χ2n) is 5.02. The van der Waals surface area contributed by atoms with E-state index in [0.29, 0.717) is 17.9 Å². The van der Waals surface area contributed by atoms with Crippen molar-refractivity contribution in [2.24, 2.45) is 0 Å². The Morgan fingerprint density at radius 2 is 1.71 bits per heavy atom. The summed E-state index contributed by atoms with van der Waals surface area (Å²) in [7, 11) is 1.60. The fraction of sp³-hybridized carbons (Fsp3) is 0.158. The van der Waals surface area contributed by atoms with Gasteiger partial charge in [-0.3, -0.25) is 0 Å². The van der Waals surface area contributed by atoms with Crippen LogP contribution in [0.2, 0.25) is 0 Å². The molecule has 0 radical (unpaired) electrons. The molecule has 0 aliphatic rings. The lowest BCUT2D eigenvalue weighted by Gasteiger charge is -2.09. The first kappa shape index (κ1) is 15.6. The van der Waals surface area contributed by atoms with E-state index < -0.39 is 0 Å². The van der Waals surface area contributed by atoms with E-state index in [1.54, 1.807) is 37.4 Å². The van der Waals surface area contributed by atoms with Crippen LogP contribution in [0.3, 0.4) is 0 Å². The molecule has 0 atom stereocenters. The van der Waals surface area contributed by atoms with Crippen molar-refractivity contribution >= 4 is 10.9 Å². The van der Waals surface area contributed by atoms with Crippen LogP contribution in [0.4, 0.5) is 0 Å². The Labute approximate surface area is 140 Å². The highest BCUT2D eigenvalue weighted by atomic mass is 16.5. The predicted molar refractivity (Wildman–Crippen MR) is 90.7 cm³/mol. The summed E-state index contributed by atoms with van der Waals surface area (Å²) < 4.78 is 16.4. The van der Waals surface area contributed by atoms with Gasteiger partial charge in [0.1, 0.15) is 28.9 Å². The van der Waals surface area contributed by atoms with Crippen LogP contribution in [-0.2, 0) is 0 Å². The summed E-state index contributed by atoms with van der Waals surface area (Å²) in [6, 6.07) is 16.6. The fourth-order valence-corrected chi connectivity index (χ4v) is 2.31. The Morgan fingerprint density at radius 1 is 1.00 bits per heavy atom. The molecule has 0 aliphatic carbocycles. The highest BCUT2D eigenvalue weighted by Crippen LogP contribution is 2.29. The Kier molecular flexibility index (Phi) is 4.48. The molecule has 0 fully saturated rings. The van der Waals surface area contributed by atoms with E-state index in [1.807, 2.05) is 25.1 Å². The number of rotatable bonds is 5. The molecule has 0 spiro atoms. The fourth-order valence-electron chi connectivity index (χ4n) is 2.31. The molecule has 0 saturated heterocycles. The van der Waals surface area contributed by atoms with Gasteiger partial charge in [-0.1, -0.05) is 0 Å². The minimum atomic E-state index is 0.277. The number of pyridine rings is 1. The third kappa shape index (κ3) is 3.23. The Balaban J connectivity index is 1.97. The molecule has 0 amide bonds. The van der Waals surface area contributed by atoms with Gasteiger partial charge in [0.25, 0.3) is 0 Å². The van der Waals surface area contributed by atoms with Gasteiger partial charge in [-0.15, -0.1) is 0 Å². The van der Waals surface area contributed by atoms with Crippen molar-refractivity contribution in [3.05, 3.63) is 54.1 Å². The molecule has 120 valence electrons. The van der Waals surface area contributed by atoms with Crippen LogP contribution < -0.4 is 14.2 Å². The number of aromatic nitrogens is 1. The van der Waals surface area contributed by atoms with Crippen LogP contribution in [0.5, 0.6) is 23.1 Å². The van der Waals surface area contributed by atoms with Gasteiger partial charge in [-0.25, -0.2) is 4.98 Å². The van der Waals surface area contributed by atoms with Gasteiger partial charge in [0.2, 0.25) is 5.88 Å². The van der Waals surface area contributed by atoms with E-state index in [-0.39, 0.29) is 5.88 Å². The largest absolute Gasteiger partial charge is 0.497 e. The summed E-state index contributed by atoms with van der Waals surface area (Å²) >= 11 is 0. The average molecular weight is 320 g/mol. The average Bonchev–Trinajstić information content (AvgIpc) is 2.62. The van der Waals surface area contributed by atoms with Gasteiger partial charge in [0, 0.05) is 5.39 Å². The summed E-state index contributed by atoms with van der Waals surface area (Å²) in [5.41, 5.74) is 1.10. The maximum absolute atomic E-state index is 9.39. The molecule has 3 aromatic rings. The minimum Gasteiger partial charge on any atom is -0.497 e. The molecule has 24 heavy (non-hydrogen) atoms. The van der Waals surface area contributed by atoms with Gasteiger partial charge >= 0.3 is 0 Å². The van der Waals surface area contributed by atoms with Crippen molar-refractivity contribution in [3.63, 3.8) is 0 Å². The number of hydrogen-bond donors (Lipinski definition) is 0. The predicted octanol–water partition coefficient (Wildman–Crippen LogP) is 4.31. The first-order valence-corrected chi connectivity index (χ1v) is 7.53. The summed E-state index contributed by atoms with van der Waals surface area (Å²) in [5, 5.41) is 10.2. The molecular formula is C19H16N2O3. The van der Waals surface area contributed by atoms with E-state index in [1.165, 1.54) is 0 Å².